The van der Waals surface area contributed by atoms with E-state index in [9.17, 15) is 31.5 Å². The number of hydrogen-bond donors (Lipinski definition) is 2. The molecule has 2 aliphatic heterocycles. The molecule has 1 atom stereocenters. The van der Waals surface area contributed by atoms with Crippen molar-refractivity contribution in [1.29, 1.82) is 0 Å². The summed E-state index contributed by atoms with van der Waals surface area (Å²) in [4.78, 5) is 32.4. The molecule has 310 valence electrons. The summed E-state index contributed by atoms with van der Waals surface area (Å²) in [7, 11) is -5.32. The van der Waals surface area contributed by atoms with E-state index in [2.05, 4.69) is 15.4 Å². The molecule has 2 aromatic heterocycles. The summed E-state index contributed by atoms with van der Waals surface area (Å²) in [6.45, 7) is 3.48. The number of benzene rings is 1. The number of fused-ring (bicyclic) bond motifs is 1. The molecule has 2 fully saturated rings. The van der Waals surface area contributed by atoms with E-state index < -0.39 is 60.9 Å². The lowest BCUT2D eigenvalue weighted by Crippen LogP contribution is -2.42. The highest BCUT2D eigenvalue weighted by atomic mass is 32.2. The molecule has 0 saturated carbocycles. The van der Waals surface area contributed by atoms with Gasteiger partial charge in [0.15, 0.2) is 15.7 Å². The van der Waals surface area contributed by atoms with Crippen molar-refractivity contribution in [3.8, 4) is 5.88 Å². The average Bonchev–Trinajstić information content (AvgIpc) is 3.15. The number of carbonyl (C=O) groups is 1. The van der Waals surface area contributed by atoms with Gasteiger partial charge in [0.2, 0.25) is 5.88 Å². The van der Waals surface area contributed by atoms with Crippen LogP contribution in [0.3, 0.4) is 0 Å². The Kier molecular flexibility index (Phi) is 13.8. The van der Waals surface area contributed by atoms with Crippen molar-refractivity contribution in [2.45, 2.75) is 70.8 Å². The van der Waals surface area contributed by atoms with Crippen molar-refractivity contribution in [2.75, 3.05) is 66.9 Å². The molecule has 3 aromatic rings. The highest BCUT2D eigenvalue weighted by Crippen LogP contribution is 2.44. The Morgan fingerprint density at radius 3 is 2.36 bits per heavy atom. The maximum atomic E-state index is 16.1. The third-order valence-corrected chi connectivity index (χ3v) is 13.1. The molecule has 20 heteroatoms. The minimum absolute atomic E-state index is 0.00966. The normalized spacial score (nSPS) is 17.2. The summed E-state index contributed by atoms with van der Waals surface area (Å²) < 4.78 is 107. The average molecular weight is 831 g/mol. The number of unbranched alkanes of at least 4 members (excludes halogenated alkanes) is 4. The van der Waals surface area contributed by atoms with Crippen LogP contribution >= 0.6 is 0 Å². The lowest BCUT2D eigenvalue weighted by molar-refractivity contribution is -0.0861. The Morgan fingerprint density at radius 2 is 1.71 bits per heavy atom. The molecular weight excluding hydrogens is 782 g/mol. The summed E-state index contributed by atoms with van der Waals surface area (Å²) in [6, 6.07) is 4.38. The fourth-order valence-electron chi connectivity index (χ4n) is 6.88. The van der Waals surface area contributed by atoms with Crippen LogP contribution in [0.4, 0.5) is 29.6 Å². The quantitative estimate of drug-likeness (QED) is 0.136. The van der Waals surface area contributed by atoms with E-state index in [1.165, 1.54) is 26.1 Å². The van der Waals surface area contributed by atoms with Gasteiger partial charge in [0.05, 0.1) is 42.1 Å². The Hall–Kier alpha value is -4.17. The van der Waals surface area contributed by atoms with Crippen molar-refractivity contribution in [2.24, 2.45) is 13.0 Å². The van der Waals surface area contributed by atoms with Crippen LogP contribution in [0, 0.1) is 11.7 Å². The molecule has 4 heterocycles. The van der Waals surface area contributed by atoms with Crippen LogP contribution in [0.15, 0.2) is 29.1 Å². The number of amides is 1. The number of nitrogens with one attached hydrogen (secondary N) is 1. The minimum atomic E-state index is -3.58. The second-order valence-corrected chi connectivity index (χ2v) is 18.4. The number of ether oxygens (including phenoxy) is 1. The van der Waals surface area contributed by atoms with Crippen LogP contribution in [-0.2, 0) is 37.1 Å². The molecule has 2 saturated heterocycles. The first-order chi connectivity index (χ1) is 26.4. The zero-order valence-electron chi connectivity index (χ0n) is 31.7. The van der Waals surface area contributed by atoms with Gasteiger partial charge in [-0.3, -0.25) is 8.98 Å². The number of piperidine rings is 1. The molecule has 1 amide bonds. The lowest BCUT2D eigenvalue weighted by Gasteiger charge is -2.35. The third kappa shape index (κ3) is 10.2. The van der Waals surface area contributed by atoms with E-state index in [-0.39, 0.29) is 97.5 Å². The SMILES string of the molecule is CCS(=O)(=O)OCCCCCCCOc1nc(N2CCS(=O)(=O)CC2)cc2c(NC(C)c3cccc(C(F)(F)C4CCN(C(=O)O)CC4)c3F)nn(C)c(=O)c12. The van der Waals surface area contributed by atoms with Crippen LogP contribution in [0.2, 0.25) is 0 Å². The number of rotatable bonds is 17. The van der Waals surface area contributed by atoms with Crippen LogP contribution in [-0.4, -0.2) is 104 Å². The fourth-order valence-corrected chi connectivity index (χ4v) is 8.62. The monoisotopic (exact) mass is 830 g/mol. The van der Waals surface area contributed by atoms with Crippen molar-refractivity contribution >= 4 is 48.5 Å². The zero-order chi connectivity index (χ0) is 40.8. The molecule has 5 rings (SSSR count). The number of likely N-dealkylation sites (tertiary alicyclic amines) is 1. The van der Waals surface area contributed by atoms with Crippen molar-refractivity contribution < 1.29 is 48.8 Å². The molecule has 2 aliphatic rings. The Bertz CT molecular complexity index is 2150. The summed E-state index contributed by atoms with van der Waals surface area (Å²) in [5, 5.41) is 17.0. The fraction of sp³-hybridized carbons (Fsp3) is 0.611. The largest absolute Gasteiger partial charge is 0.477 e. The molecule has 0 bridgehead atoms. The Morgan fingerprint density at radius 1 is 1.07 bits per heavy atom. The number of carboxylic acid groups (broad SMARTS) is 1. The van der Waals surface area contributed by atoms with E-state index >= 15 is 13.2 Å². The van der Waals surface area contributed by atoms with Crippen LogP contribution in [0.5, 0.6) is 5.88 Å². The predicted molar refractivity (Wildman–Crippen MR) is 204 cm³/mol. The standard InChI is InChI=1S/C36H49F3N6O9S2/c1-4-56(51,52)54-20-9-7-5-6-8-19-53-33-30-27(23-29(41-33)44-17-21-55(49,50)22-18-44)32(42-43(3)34(30)46)40-24(2)26-11-10-12-28(31(26)37)36(38,39)25-13-15-45(16-14-25)35(47)48/h10-12,23-25H,4-9,13-22H2,1-3H3,(H,40,42)(H,47,48). The predicted octanol–water partition coefficient (Wildman–Crippen LogP) is 5.05. The number of alkyl halides is 2. The number of anilines is 2. The Labute approximate surface area is 324 Å². The van der Waals surface area contributed by atoms with Crippen LogP contribution in [0.25, 0.3) is 10.8 Å². The van der Waals surface area contributed by atoms with Crippen LogP contribution < -0.4 is 20.5 Å². The maximum absolute atomic E-state index is 16.1. The van der Waals surface area contributed by atoms with E-state index in [0.29, 0.717) is 18.7 Å². The number of hydrogen-bond acceptors (Lipinski definition) is 12. The highest BCUT2D eigenvalue weighted by Gasteiger charge is 2.45. The first-order valence-corrected chi connectivity index (χ1v) is 22.1. The van der Waals surface area contributed by atoms with Gasteiger partial charge in [-0.25, -0.2) is 31.1 Å². The lowest BCUT2D eigenvalue weighted by atomic mass is 9.85. The number of sulfone groups is 1. The second kappa shape index (κ2) is 18.0. The topological polar surface area (TPSA) is 190 Å². The molecular formula is C36H49F3N6O9S2. The number of nitrogens with zero attached hydrogens (tertiary/aromatic N) is 5. The van der Waals surface area contributed by atoms with Gasteiger partial charge in [0, 0.05) is 50.1 Å². The van der Waals surface area contributed by atoms with Gasteiger partial charge in [-0.15, -0.1) is 0 Å². The summed E-state index contributed by atoms with van der Waals surface area (Å²) in [6.07, 6.45) is 1.95. The third-order valence-electron chi connectivity index (χ3n) is 10.3. The number of halogens is 3. The number of pyridine rings is 1. The van der Waals surface area contributed by atoms with Crippen molar-refractivity contribution in [3.63, 3.8) is 0 Å². The van der Waals surface area contributed by atoms with Gasteiger partial charge in [-0.1, -0.05) is 37.5 Å². The van der Waals surface area contributed by atoms with Gasteiger partial charge in [0.25, 0.3) is 21.6 Å². The number of aryl methyl sites for hydroxylation is 1. The van der Waals surface area contributed by atoms with Gasteiger partial charge in [-0.05, 0) is 45.6 Å². The van der Waals surface area contributed by atoms with Gasteiger partial charge < -0.3 is 25.0 Å². The van der Waals surface area contributed by atoms with Gasteiger partial charge >= 0.3 is 6.09 Å². The van der Waals surface area contributed by atoms with Crippen molar-refractivity contribution in [1.82, 2.24) is 19.7 Å². The minimum Gasteiger partial charge on any atom is -0.477 e. The molecule has 0 radical (unpaired) electrons. The maximum Gasteiger partial charge on any atom is 0.407 e. The van der Waals surface area contributed by atoms with E-state index in [1.54, 1.807) is 17.9 Å². The molecule has 0 spiro atoms. The van der Waals surface area contributed by atoms with E-state index in [4.69, 9.17) is 8.92 Å². The number of aromatic nitrogens is 3. The first-order valence-electron chi connectivity index (χ1n) is 18.7. The smallest absolute Gasteiger partial charge is 0.407 e. The first kappa shape index (κ1) is 43.0. The molecule has 15 nitrogen and oxygen atoms in total. The summed E-state index contributed by atoms with van der Waals surface area (Å²) in [5.74, 6) is -5.82. The molecule has 0 aliphatic carbocycles. The molecule has 1 aromatic carbocycles. The van der Waals surface area contributed by atoms with Crippen molar-refractivity contribution in [3.05, 3.63) is 51.6 Å². The summed E-state index contributed by atoms with van der Waals surface area (Å²) in [5.41, 5.74) is -1.42. The van der Waals surface area contributed by atoms with E-state index in [1.807, 2.05) is 0 Å². The van der Waals surface area contributed by atoms with E-state index in [0.717, 1.165) is 34.9 Å². The molecule has 2 N–H and O–H groups in total. The summed E-state index contributed by atoms with van der Waals surface area (Å²) >= 11 is 0. The Balaban J connectivity index is 1.39. The zero-order valence-corrected chi connectivity index (χ0v) is 33.3. The van der Waals surface area contributed by atoms with Crippen LogP contribution in [0.1, 0.15) is 76.0 Å². The molecule has 56 heavy (non-hydrogen) atoms. The second-order valence-electron chi connectivity index (χ2n) is 14.2. The van der Waals surface area contributed by atoms with Gasteiger partial charge in [0.1, 0.15) is 17.0 Å². The van der Waals surface area contributed by atoms with Gasteiger partial charge in [-0.2, -0.15) is 18.5 Å². The molecule has 1 unspecified atom stereocenters. The highest BCUT2D eigenvalue weighted by molar-refractivity contribution is 7.91.